The Morgan fingerprint density at radius 3 is 2.84 bits per heavy atom. The normalized spacial score (nSPS) is 21.8. The molecule has 1 atom stereocenters. The summed E-state index contributed by atoms with van der Waals surface area (Å²) in [6.07, 6.45) is 1.89. The molecule has 1 aliphatic heterocycles. The van der Waals surface area contributed by atoms with Gasteiger partial charge >= 0.3 is 0 Å². The summed E-state index contributed by atoms with van der Waals surface area (Å²) >= 11 is 7.67. The van der Waals surface area contributed by atoms with Crippen LogP contribution in [-0.4, -0.2) is 13.2 Å². The molecule has 2 heterocycles. The lowest BCUT2D eigenvalue weighted by molar-refractivity contribution is 0.216. The fourth-order valence-corrected chi connectivity index (χ4v) is 4.00. The van der Waals surface area contributed by atoms with Gasteiger partial charge in [0.25, 0.3) is 0 Å². The van der Waals surface area contributed by atoms with E-state index in [1.165, 1.54) is 10.4 Å². The quantitative estimate of drug-likeness (QED) is 0.938. The molecule has 1 aliphatic rings. The van der Waals surface area contributed by atoms with Crippen LogP contribution in [0.25, 0.3) is 0 Å². The summed E-state index contributed by atoms with van der Waals surface area (Å²) < 4.78 is 6.58. The Morgan fingerprint density at radius 2 is 2.11 bits per heavy atom. The molecule has 19 heavy (non-hydrogen) atoms. The number of hydrogen-bond acceptors (Lipinski definition) is 3. The van der Waals surface area contributed by atoms with Crippen LogP contribution in [0.4, 0.5) is 0 Å². The van der Waals surface area contributed by atoms with Crippen molar-refractivity contribution in [2.45, 2.75) is 18.3 Å². The van der Waals surface area contributed by atoms with E-state index in [-0.39, 0.29) is 5.41 Å². The number of benzene rings is 1. The minimum Gasteiger partial charge on any atom is -0.493 e. The van der Waals surface area contributed by atoms with Gasteiger partial charge in [-0.1, -0.05) is 29.8 Å². The first-order chi connectivity index (χ1) is 9.23. The van der Waals surface area contributed by atoms with E-state index in [2.05, 4.69) is 18.2 Å². The highest BCUT2D eigenvalue weighted by Gasteiger charge is 2.36. The van der Waals surface area contributed by atoms with Gasteiger partial charge in [0, 0.05) is 22.4 Å². The lowest BCUT2D eigenvalue weighted by atomic mass is 9.73. The average Bonchev–Trinajstić information content (AvgIpc) is 2.84. The number of halogens is 1. The van der Waals surface area contributed by atoms with Crippen LogP contribution in [0.3, 0.4) is 0 Å². The van der Waals surface area contributed by atoms with Gasteiger partial charge < -0.3 is 10.5 Å². The van der Waals surface area contributed by atoms with Crippen molar-refractivity contribution in [1.82, 2.24) is 0 Å². The zero-order valence-electron chi connectivity index (χ0n) is 10.6. The lowest BCUT2D eigenvalue weighted by Gasteiger charge is -2.37. The van der Waals surface area contributed by atoms with E-state index < -0.39 is 0 Å². The Labute approximate surface area is 122 Å². The molecule has 4 heteroatoms. The van der Waals surface area contributed by atoms with Crippen LogP contribution >= 0.6 is 22.9 Å². The van der Waals surface area contributed by atoms with Crippen LogP contribution in [0.1, 0.15) is 16.9 Å². The second kappa shape index (κ2) is 5.16. The molecule has 2 N–H and O–H groups in total. The molecule has 0 fully saturated rings. The Hall–Kier alpha value is -1.03. The van der Waals surface area contributed by atoms with Crippen molar-refractivity contribution in [2.75, 3.05) is 13.2 Å². The molecule has 2 nitrogen and oxygen atoms in total. The molecule has 0 aliphatic carbocycles. The molecular weight excluding hydrogens is 278 g/mol. The number of ether oxygens (including phenoxy) is 1. The van der Waals surface area contributed by atoms with Gasteiger partial charge in [0.15, 0.2) is 0 Å². The molecule has 0 saturated heterocycles. The highest BCUT2D eigenvalue weighted by atomic mass is 35.5. The standard InChI is InChI=1S/C15H16ClNOS/c16-14-6-5-11(19-14)9-15(10-17)7-8-18-13-4-2-1-3-12(13)15/h1-6H,7-10,17H2. The average molecular weight is 294 g/mol. The van der Waals surface area contributed by atoms with Gasteiger partial charge in [-0.3, -0.25) is 0 Å². The van der Waals surface area contributed by atoms with Crippen molar-refractivity contribution in [2.24, 2.45) is 5.73 Å². The van der Waals surface area contributed by atoms with Gasteiger partial charge in [0.1, 0.15) is 5.75 Å². The largest absolute Gasteiger partial charge is 0.493 e. The fraction of sp³-hybridized carbons (Fsp3) is 0.333. The van der Waals surface area contributed by atoms with Crippen molar-refractivity contribution in [3.8, 4) is 5.75 Å². The first-order valence-electron chi connectivity index (χ1n) is 6.40. The van der Waals surface area contributed by atoms with Crippen LogP contribution in [0.5, 0.6) is 5.75 Å². The second-order valence-electron chi connectivity index (χ2n) is 4.96. The SMILES string of the molecule is NCC1(Cc2ccc(Cl)s2)CCOc2ccccc21. The van der Waals surface area contributed by atoms with Crippen molar-refractivity contribution in [3.05, 3.63) is 51.2 Å². The van der Waals surface area contributed by atoms with Gasteiger partial charge in [-0.15, -0.1) is 11.3 Å². The van der Waals surface area contributed by atoms with Gasteiger partial charge in [-0.05, 0) is 31.0 Å². The van der Waals surface area contributed by atoms with E-state index in [4.69, 9.17) is 22.1 Å². The van der Waals surface area contributed by atoms with Crippen molar-refractivity contribution in [3.63, 3.8) is 0 Å². The van der Waals surface area contributed by atoms with Crippen LogP contribution in [0.2, 0.25) is 4.34 Å². The molecular formula is C15H16ClNOS. The van der Waals surface area contributed by atoms with E-state index in [0.29, 0.717) is 6.54 Å². The summed E-state index contributed by atoms with van der Waals surface area (Å²) in [6, 6.07) is 12.3. The van der Waals surface area contributed by atoms with Crippen molar-refractivity contribution in [1.29, 1.82) is 0 Å². The Balaban J connectivity index is 2.00. The Kier molecular flexibility index (Phi) is 3.52. The predicted molar refractivity (Wildman–Crippen MR) is 80.3 cm³/mol. The second-order valence-corrected chi connectivity index (χ2v) is 6.76. The monoisotopic (exact) mass is 293 g/mol. The van der Waals surface area contributed by atoms with Crippen LogP contribution < -0.4 is 10.5 Å². The number of fused-ring (bicyclic) bond motifs is 1. The van der Waals surface area contributed by atoms with E-state index >= 15 is 0 Å². The molecule has 0 saturated carbocycles. The van der Waals surface area contributed by atoms with Crippen molar-refractivity contribution >= 4 is 22.9 Å². The number of hydrogen-bond donors (Lipinski definition) is 1. The van der Waals surface area contributed by atoms with Gasteiger partial charge in [-0.25, -0.2) is 0 Å². The summed E-state index contributed by atoms with van der Waals surface area (Å²) in [5.41, 5.74) is 7.33. The summed E-state index contributed by atoms with van der Waals surface area (Å²) in [4.78, 5) is 1.28. The first kappa shape index (κ1) is 13.0. The van der Waals surface area contributed by atoms with Gasteiger partial charge in [-0.2, -0.15) is 0 Å². The Morgan fingerprint density at radius 1 is 1.26 bits per heavy atom. The number of rotatable bonds is 3. The zero-order chi connectivity index (χ0) is 13.3. The highest BCUT2D eigenvalue weighted by Crippen LogP contribution is 2.41. The third-order valence-electron chi connectivity index (χ3n) is 3.83. The van der Waals surface area contributed by atoms with Crippen LogP contribution in [-0.2, 0) is 11.8 Å². The fourth-order valence-electron chi connectivity index (χ4n) is 2.77. The summed E-state index contributed by atoms with van der Waals surface area (Å²) in [5, 5.41) is 0. The molecule has 0 bridgehead atoms. The minimum atomic E-state index is -0.0248. The summed E-state index contributed by atoms with van der Waals surface area (Å²) in [7, 11) is 0. The minimum absolute atomic E-state index is 0.0248. The number of para-hydroxylation sites is 1. The van der Waals surface area contributed by atoms with Gasteiger partial charge in [0.2, 0.25) is 0 Å². The lowest BCUT2D eigenvalue weighted by Crippen LogP contribution is -2.41. The van der Waals surface area contributed by atoms with E-state index in [1.807, 2.05) is 18.2 Å². The van der Waals surface area contributed by atoms with Crippen molar-refractivity contribution < 1.29 is 4.74 Å². The smallest absolute Gasteiger partial charge is 0.123 e. The summed E-state index contributed by atoms with van der Waals surface area (Å²) in [5.74, 6) is 0.974. The number of nitrogens with two attached hydrogens (primary N) is 1. The van der Waals surface area contributed by atoms with E-state index in [1.54, 1.807) is 11.3 Å². The third kappa shape index (κ3) is 2.38. The molecule has 0 radical (unpaired) electrons. The zero-order valence-corrected chi connectivity index (χ0v) is 12.1. The molecule has 100 valence electrons. The first-order valence-corrected chi connectivity index (χ1v) is 7.59. The maximum absolute atomic E-state index is 6.12. The van der Waals surface area contributed by atoms with E-state index in [9.17, 15) is 0 Å². The molecule has 0 amide bonds. The molecule has 3 rings (SSSR count). The maximum atomic E-state index is 6.12. The number of thiophene rings is 1. The van der Waals surface area contributed by atoms with E-state index in [0.717, 1.165) is 29.5 Å². The predicted octanol–water partition coefficient (Wildman–Crippen LogP) is 3.62. The van der Waals surface area contributed by atoms with Crippen LogP contribution in [0, 0.1) is 0 Å². The molecule has 1 aromatic carbocycles. The topological polar surface area (TPSA) is 35.2 Å². The van der Waals surface area contributed by atoms with Gasteiger partial charge in [0.05, 0.1) is 10.9 Å². The van der Waals surface area contributed by atoms with Crippen LogP contribution in [0.15, 0.2) is 36.4 Å². The molecule has 1 unspecified atom stereocenters. The third-order valence-corrected chi connectivity index (χ3v) is 5.06. The maximum Gasteiger partial charge on any atom is 0.123 e. The highest BCUT2D eigenvalue weighted by molar-refractivity contribution is 7.16. The molecule has 1 aromatic heterocycles. The summed E-state index contributed by atoms with van der Waals surface area (Å²) in [6.45, 7) is 1.36. The Bertz CT molecular complexity index is 583. The molecule has 0 spiro atoms. The molecule has 2 aromatic rings.